The van der Waals surface area contributed by atoms with Crippen molar-refractivity contribution in [1.82, 2.24) is 4.90 Å². The zero-order valence-corrected chi connectivity index (χ0v) is 9.38. The number of hydrogen-bond acceptors (Lipinski definition) is 3. The van der Waals surface area contributed by atoms with Crippen molar-refractivity contribution in [2.24, 2.45) is 0 Å². The molecule has 0 radical (unpaired) electrons. The summed E-state index contributed by atoms with van der Waals surface area (Å²) >= 11 is 0. The molecule has 1 heterocycles. The van der Waals surface area contributed by atoms with Crippen LogP contribution in [0.3, 0.4) is 0 Å². The van der Waals surface area contributed by atoms with Crippen molar-refractivity contribution >= 4 is 11.4 Å². The topological polar surface area (TPSA) is 41.3 Å². The van der Waals surface area contributed by atoms with E-state index >= 15 is 0 Å². The van der Waals surface area contributed by atoms with Gasteiger partial charge in [0.25, 0.3) is 0 Å². The molecule has 0 spiro atoms. The van der Waals surface area contributed by atoms with E-state index in [1.54, 1.807) is 6.07 Å². The summed E-state index contributed by atoms with van der Waals surface area (Å²) in [5.41, 5.74) is 6.53. The van der Waals surface area contributed by atoms with Gasteiger partial charge in [-0.2, -0.15) is 0 Å². The second kappa shape index (κ2) is 5.16. The summed E-state index contributed by atoms with van der Waals surface area (Å²) in [4.78, 5) is 2.41. The van der Waals surface area contributed by atoms with Gasteiger partial charge in [-0.05, 0) is 38.1 Å². The fraction of sp³-hybridized carbons (Fsp3) is 0.500. The predicted molar refractivity (Wildman–Crippen MR) is 65.0 cm³/mol. The summed E-state index contributed by atoms with van der Waals surface area (Å²) < 4.78 is 13.1. The van der Waals surface area contributed by atoms with Gasteiger partial charge in [-0.25, -0.2) is 4.39 Å². The Labute approximate surface area is 95.4 Å². The van der Waals surface area contributed by atoms with Crippen molar-refractivity contribution < 1.29 is 4.39 Å². The molecule has 1 aliphatic heterocycles. The van der Waals surface area contributed by atoms with Gasteiger partial charge in [0.2, 0.25) is 0 Å². The Balaban J connectivity index is 1.82. The second-order valence-electron chi connectivity index (χ2n) is 4.18. The van der Waals surface area contributed by atoms with E-state index in [2.05, 4.69) is 10.2 Å². The number of rotatable bonds is 4. The van der Waals surface area contributed by atoms with E-state index in [1.165, 1.54) is 32.0 Å². The lowest BCUT2D eigenvalue weighted by Crippen LogP contribution is -2.26. The fourth-order valence-electron chi connectivity index (χ4n) is 2.05. The Bertz CT molecular complexity index is 348. The number of nitrogens with two attached hydrogens (primary N) is 1. The minimum absolute atomic E-state index is 0.212. The average molecular weight is 223 g/mol. The standard InChI is InChI=1S/C12H18FN3/c13-10-4-3-5-11(12(10)14)15-6-9-16-7-1-2-8-16/h3-5,15H,1-2,6-9,14H2. The van der Waals surface area contributed by atoms with E-state index in [0.29, 0.717) is 5.69 Å². The van der Waals surface area contributed by atoms with Gasteiger partial charge in [-0.3, -0.25) is 0 Å². The first-order valence-corrected chi connectivity index (χ1v) is 5.77. The first-order valence-electron chi connectivity index (χ1n) is 5.77. The molecule has 1 fully saturated rings. The number of benzene rings is 1. The molecule has 0 aliphatic carbocycles. The van der Waals surface area contributed by atoms with E-state index in [1.807, 2.05) is 6.07 Å². The molecule has 2 rings (SSSR count). The molecule has 1 aromatic rings. The van der Waals surface area contributed by atoms with Gasteiger partial charge >= 0.3 is 0 Å². The van der Waals surface area contributed by atoms with E-state index in [9.17, 15) is 4.39 Å². The maximum Gasteiger partial charge on any atom is 0.148 e. The van der Waals surface area contributed by atoms with E-state index < -0.39 is 0 Å². The molecule has 1 aromatic carbocycles. The molecule has 0 atom stereocenters. The highest BCUT2D eigenvalue weighted by Crippen LogP contribution is 2.20. The SMILES string of the molecule is Nc1c(F)cccc1NCCN1CCCC1. The molecular formula is C12H18FN3. The van der Waals surface area contributed by atoms with Crippen LogP contribution in [0.1, 0.15) is 12.8 Å². The predicted octanol–water partition coefficient (Wildman–Crippen LogP) is 1.92. The number of anilines is 2. The van der Waals surface area contributed by atoms with E-state index in [0.717, 1.165) is 13.1 Å². The molecule has 0 amide bonds. The molecule has 0 aromatic heterocycles. The molecule has 16 heavy (non-hydrogen) atoms. The molecule has 4 heteroatoms. The average Bonchev–Trinajstić information content (AvgIpc) is 2.77. The fourth-order valence-corrected chi connectivity index (χ4v) is 2.05. The van der Waals surface area contributed by atoms with Gasteiger partial charge in [0.1, 0.15) is 5.82 Å². The smallest absolute Gasteiger partial charge is 0.148 e. The highest BCUT2D eigenvalue weighted by molar-refractivity contribution is 5.66. The highest BCUT2D eigenvalue weighted by atomic mass is 19.1. The highest BCUT2D eigenvalue weighted by Gasteiger charge is 2.10. The van der Waals surface area contributed by atoms with Gasteiger partial charge in [0, 0.05) is 13.1 Å². The van der Waals surface area contributed by atoms with Crippen molar-refractivity contribution in [3.05, 3.63) is 24.0 Å². The van der Waals surface area contributed by atoms with Crippen LogP contribution in [-0.2, 0) is 0 Å². The molecule has 0 unspecified atom stereocenters. The molecule has 88 valence electrons. The lowest BCUT2D eigenvalue weighted by molar-refractivity contribution is 0.352. The number of nitrogen functional groups attached to an aromatic ring is 1. The van der Waals surface area contributed by atoms with Crippen molar-refractivity contribution in [3.8, 4) is 0 Å². The monoisotopic (exact) mass is 223 g/mol. The van der Waals surface area contributed by atoms with Crippen LogP contribution >= 0.6 is 0 Å². The molecule has 0 saturated carbocycles. The first-order chi connectivity index (χ1) is 7.77. The molecule has 1 aliphatic rings. The Morgan fingerprint density at radius 2 is 2.06 bits per heavy atom. The third-order valence-corrected chi connectivity index (χ3v) is 3.00. The Kier molecular flexibility index (Phi) is 3.62. The minimum atomic E-state index is -0.355. The summed E-state index contributed by atoms with van der Waals surface area (Å²) in [7, 11) is 0. The maximum atomic E-state index is 13.1. The van der Waals surface area contributed by atoms with Crippen molar-refractivity contribution in [3.63, 3.8) is 0 Å². The Morgan fingerprint density at radius 3 is 2.81 bits per heavy atom. The minimum Gasteiger partial charge on any atom is -0.395 e. The van der Waals surface area contributed by atoms with Gasteiger partial charge in [-0.1, -0.05) is 6.07 Å². The van der Waals surface area contributed by atoms with Gasteiger partial charge in [0.05, 0.1) is 11.4 Å². The lowest BCUT2D eigenvalue weighted by Gasteiger charge is -2.16. The van der Waals surface area contributed by atoms with Crippen molar-refractivity contribution in [1.29, 1.82) is 0 Å². The third kappa shape index (κ3) is 2.64. The number of likely N-dealkylation sites (tertiary alicyclic amines) is 1. The Hall–Kier alpha value is -1.29. The zero-order chi connectivity index (χ0) is 11.4. The van der Waals surface area contributed by atoms with Gasteiger partial charge in [-0.15, -0.1) is 0 Å². The van der Waals surface area contributed by atoms with Crippen LogP contribution in [0.4, 0.5) is 15.8 Å². The summed E-state index contributed by atoms with van der Waals surface area (Å²) in [5.74, 6) is -0.355. The second-order valence-corrected chi connectivity index (χ2v) is 4.18. The molecule has 3 nitrogen and oxygen atoms in total. The summed E-state index contributed by atoms with van der Waals surface area (Å²) in [5, 5.41) is 3.17. The molecule has 1 saturated heterocycles. The zero-order valence-electron chi connectivity index (χ0n) is 9.38. The van der Waals surface area contributed by atoms with Crippen LogP contribution < -0.4 is 11.1 Å². The summed E-state index contributed by atoms with van der Waals surface area (Å²) in [6, 6.07) is 4.85. The quantitative estimate of drug-likeness (QED) is 0.766. The molecular weight excluding hydrogens is 205 g/mol. The van der Waals surface area contributed by atoms with Gasteiger partial charge < -0.3 is 16.0 Å². The number of nitrogens with one attached hydrogen (secondary N) is 1. The van der Waals surface area contributed by atoms with E-state index in [4.69, 9.17) is 5.73 Å². The van der Waals surface area contributed by atoms with E-state index in [-0.39, 0.29) is 11.5 Å². The number of para-hydroxylation sites is 1. The maximum absolute atomic E-state index is 13.1. The van der Waals surface area contributed by atoms with Gasteiger partial charge in [0.15, 0.2) is 0 Å². The van der Waals surface area contributed by atoms with Crippen LogP contribution in [-0.4, -0.2) is 31.1 Å². The third-order valence-electron chi connectivity index (χ3n) is 3.00. The van der Waals surface area contributed by atoms with Crippen LogP contribution in [0, 0.1) is 5.82 Å². The first kappa shape index (κ1) is 11.2. The van der Waals surface area contributed by atoms with Crippen molar-refractivity contribution in [2.75, 3.05) is 37.2 Å². The number of halogens is 1. The molecule has 3 N–H and O–H groups in total. The summed E-state index contributed by atoms with van der Waals surface area (Å²) in [6.07, 6.45) is 2.59. The van der Waals surface area contributed by atoms with Crippen LogP contribution in [0.15, 0.2) is 18.2 Å². The largest absolute Gasteiger partial charge is 0.395 e. The van der Waals surface area contributed by atoms with Crippen LogP contribution in [0.2, 0.25) is 0 Å². The normalized spacial score (nSPS) is 16.6. The summed E-state index contributed by atoms with van der Waals surface area (Å²) in [6.45, 7) is 4.17. The Morgan fingerprint density at radius 1 is 1.31 bits per heavy atom. The molecule has 0 bridgehead atoms. The number of hydrogen-bond donors (Lipinski definition) is 2. The lowest BCUT2D eigenvalue weighted by atomic mass is 10.2. The number of nitrogens with zero attached hydrogens (tertiary/aromatic N) is 1. The van der Waals surface area contributed by atoms with Crippen molar-refractivity contribution in [2.45, 2.75) is 12.8 Å². The van der Waals surface area contributed by atoms with Crippen LogP contribution in [0.5, 0.6) is 0 Å². The van der Waals surface area contributed by atoms with Crippen LogP contribution in [0.25, 0.3) is 0 Å².